The van der Waals surface area contributed by atoms with E-state index in [2.05, 4.69) is 4.98 Å². The number of hydrogen-bond donors (Lipinski definition) is 0. The van der Waals surface area contributed by atoms with Crippen LogP contribution in [0.3, 0.4) is 0 Å². The molecule has 0 aliphatic rings. The average molecular weight is 406 g/mol. The molecule has 1 heterocycles. The van der Waals surface area contributed by atoms with Crippen LogP contribution in [-0.4, -0.2) is 23.2 Å². The van der Waals surface area contributed by atoms with E-state index in [1.807, 2.05) is 0 Å². The third kappa shape index (κ3) is 3.60. The second-order valence-corrected chi connectivity index (χ2v) is 8.08. The Labute approximate surface area is 167 Å². The largest absolute Gasteiger partial charge is 0.287 e. The second-order valence-electron chi connectivity index (χ2n) is 6.27. The van der Waals surface area contributed by atoms with Crippen LogP contribution in [0.25, 0.3) is 11.4 Å². The van der Waals surface area contributed by atoms with E-state index in [1.54, 1.807) is 48.5 Å². The molecule has 0 unspecified atom stereocenters. The van der Waals surface area contributed by atoms with Crippen LogP contribution in [0.4, 0.5) is 4.39 Å². The van der Waals surface area contributed by atoms with E-state index >= 15 is 0 Å². The maximum absolute atomic E-state index is 13.5. The van der Waals surface area contributed by atoms with Gasteiger partial charge in [-0.3, -0.25) is 4.79 Å². The molecular formula is C22H15FN2O3S. The van der Waals surface area contributed by atoms with Gasteiger partial charge in [-0.05, 0) is 24.3 Å². The Kier molecular flexibility index (Phi) is 4.82. The number of imidazole rings is 1. The molecule has 0 bridgehead atoms. The van der Waals surface area contributed by atoms with E-state index in [9.17, 15) is 17.6 Å². The molecule has 5 nitrogen and oxygen atoms in total. The Morgan fingerprint density at radius 3 is 2.17 bits per heavy atom. The lowest BCUT2D eigenvalue weighted by Crippen LogP contribution is -2.13. The number of aromatic nitrogens is 2. The molecule has 4 rings (SSSR count). The van der Waals surface area contributed by atoms with Gasteiger partial charge in [0.25, 0.3) is 10.0 Å². The first-order valence-corrected chi connectivity index (χ1v) is 10.2. The summed E-state index contributed by atoms with van der Waals surface area (Å²) < 4.78 is 40.9. The van der Waals surface area contributed by atoms with Crippen LogP contribution < -0.4 is 0 Å². The number of hydrogen-bond acceptors (Lipinski definition) is 4. The Morgan fingerprint density at radius 2 is 1.52 bits per heavy atom. The number of carbonyl (C=O) groups is 1. The first-order valence-electron chi connectivity index (χ1n) is 8.72. The fourth-order valence-corrected chi connectivity index (χ4v) is 4.26. The van der Waals surface area contributed by atoms with Gasteiger partial charge in [0.1, 0.15) is 11.5 Å². The number of ketones is 1. The molecule has 0 aliphatic heterocycles. The van der Waals surface area contributed by atoms with Crippen molar-refractivity contribution in [3.05, 3.63) is 108 Å². The maximum Gasteiger partial charge on any atom is 0.269 e. The van der Waals surface area contributed by atoms with Crippen LogP contribution in [0.15, 0.2) is 96.0 Å². The summed E-state index contributed by atoms with van der Waals surface area (Å²) in [5, 5.41) is 0. The van der Waals surface area contributed by atoms with Gasteiger partial charge in [-0.2, -0.15) is 0 Å². The Balaban J connectivity index is 1.90. The van der Waals surface area contributed by atoms with Gasteiger partial charge in [0.05, 0.1) is 11.1 Å². The molecule has 0 radical (unpaired) electrons. The SMILES string of the molecule is O=C(c1cccc(F)c1)c1cn(S(=O)(=O)c2ccccc2)c(-c2ccccc2)n1. The van der Waals surface area contributed by atoms with Crippen molar-refractivity contribution in [2.75, 3.05) is 0 Å². The third-order valence-electron chi connectivity index (χ3n) is 4.33. The number of halogens is 1. The van der Waals surface area contributed by atoms with Gasteiger partial charge in [0, 0.05) is 11.1 Å². The van der Waals surface area contributed by atoms with Gasteiger partial charge in [-0.15, -0.1) is 0 Å². The van der Waals surface area contributed by atoms with E-state index in [4.69, 9.17) is 0 Å². The van der Waals surface area contributed by atoms with Gasteiger partial charge in [-0.25, -0.2) is 21.8 Å². The molecular weight excluding hydrogens is 391 g/mol. The van der Waals surface area contributed by atoms with Crippen molar-refractivity contribution in [3.63, 3.8) is 0 Å². The smallest absolute Gasteiger partial charge is 0.269 e. The molecule has 0 amide bonds. The fourth-order valence-electron chi connectivity index (χ4n) is 2.92. The first kappa shape index (κ1) is 18.8. The standard InChI is InChI=1S/C22H15FN2O3S/c23-18-11-7-10-17(14-18)21(26)20-15-25(22(24-20)16-8-3-1-4-9-16)29(27,28)19-12-5-2-6-13-19/h1-15H. The second kappa shape index (κ2) is 7.44. The lowest BCUT2D eigenvalue weighted by Gasteiger charge is -2.09. The van der Waals surface area contributed by atoms with E-state index < -0.39 is 21.6 Å². The maximum atomic E-state index is 13.5. The third-order valence-corrected chi connectivity index (χ3v) is 5.99. The Hall–Kier alpha value is -3.58. The highest BCUT2D eigenvalue weighted by atomic mass is 32.2. The fraction of sp³-hybridized carbons (Fsp3) is 0. The van der Waals surface area contributed by atoms with Crippen molar-refractivity contribution in [1.82, 2.24) is 8.96 Å². The van der Waals surface area contributed by atoms with Gasteiger partial charge in [0.2, 0.25) is 5.78 Å². The Morgan fingerprint density at radius 1 is 0.862 bits per heavy atom. The van der Waals surface area contributed by atoms with Gasteiger partial charge < -0.3 is 0 Å². The summed E-state index contributed by atoms with van der Waals surface area (Å²) in [5.74, 6) is -1.02. The van der Waals surface area contributed by atoms with Crippen molar-refractivity contribution in [3.8, 4) is 11.4 Å². The molecule has 29 heavy (non-hydrogen) atoms. The molecule has 7 heteroatoms. The predicted molar refractivity (Wildman–Crippen MR) is 107 cm³/mol. The number of carbonyl (C=O) groups excluding carboxylic acids is 1. The minimum absolute atomic E-state index is 0.0688. The first-order chi connectivity index (χ1) is 14.0. The zero-order valence-electron chi connectivity index (χ0n) is 15.1. The zero-order valence-corrected chi connectivity index (χ0v) is 15.9. The molecule has 0 aliphatic carbocycles. The summed E-state index contributed by atoms with van der Waals surface area (Å²) in [6.07, 6.45) is 1.18. The van der Waals surface area contributed by atoms with Crippen LogP contribution in [0.2, 0.25) is 0 Å². The van der Waals surface area contributed by atoms with E-state index in [0.29, 0.717) is 5.56 Å². The summed E-state index contributed by atoms with van der Waals surface area (Å²) in [7, 11) is -3.99. The van der Waals surface area contributed by atoms with Crippen molar-refractivity contribution < 1.29 is 17.6 Å². The number of nitrogens with zero attached hydrogens (tertiary/aromatic N) is 2. The molecule has 1 aromatic heterocycles. The number of rotatable bonds is 5. The van der Waals surface area contributed by atoms with E-state index in [-0.39, 0.29) is 22.0 Å². The lowest BCUT2D eigenvalue weighted by molar-refractivity contribution is 0.103. The normalized spacial score (nSPS) is 11.3. The van der Waals surface area contributed by atoms with Crippen molar-refractivity contribution in [1.29, 1.82) is 0 Å². The zero-order chi connectivity index (χ0) is 20.4. The van der Waals surface area contributed by atoms with E-state index in [1.165, 1.54) is 36.5 Å². The Bertz CT molecular complexity index is 1280. The summed E-state index contributed by atoms with van der Waals surface area (Å²) in [6, 6.07) is 21.8. The molecule has 144 valence electrons. The highest BCUT2D eigenvalue weighted by Gasteiger charge is 2.25. The predicted octanol–water partition coefficient (Wildman–Crippen LogP) is 4.16. The monoisotopic (exact) mass is 406 g/mol. The molecule has 3 aromatic carbocycles. The van der Waals surface area contributed by atoms with Gasteiger partial charge in [-0.1, -0.05) is 60.7 Å². The van der Waals surface area contributed by atoms with E-state index in [0.717, 1.165) is 10.0 Å². The van der Waals surface area contributed by atoms with Crippen LogP contribution in [0.1, 0.15) is 16.1 Å². The highest BCUT2D eigenvalue weighted by molar-refractivity contribution is 7.90. The van der Waals surface area contributed by atoms with Crippen LogP contribution in [0, 0.1) is 5.82 Å². The molecule has 0 N–H and O–H groups in total. The van der Waals surface area contributed by atoms with Gasteiger partial charge >= 0.3 is 0 Å². The quantitative estimate of drug-likeness (QED) is 0.467. The highest BCUT2D eigenvalue weighted by Crippen LogP contribution is 2.25. The molecule has 0 saturated heterocycles. The molecule has 4 aromatic rings. The molecule has 0 saturated carbocycles. The average Bonchev–Trinajstić information content (AvgIpc) is 3.21. The molecule has 0 spiro atoms. The van der Waals surface area contributed by atoms with Gasteiger partial charge in [0.15, 0.2) is 5.82 Å². The minimum atomic E-state index is -3.99. The molecule has 0 atom stereocenters. The topological polar surface area (TPSA) is 69.0 Å². The summed E-state index contributed by atoms with van der Waals surface area (Å²) >= 11 is 0. The summed E-state index contributed by atoms with van der Waals surface area (Å²) in [5.41, 5.74) is 0.533. The minimum Gasteiger partial charge on any atom is -0.287 e. The van der Waals surface area contributed by atoms with Crippen molar-refractivity contribution >= 4 is 15.8 Å². The van der Waals surface area contributed by atoms with Crippen LogP contribution in [0.5, 0.6) is 0 Å². The summed E-state index contributed by atoms with van der Waals surface area (Å²) in [4.78, 5) is 17.2. The molecule has 0 fully saturated rings. The van der Waals surface area contributed by atoms with Crippen LogP contribution in [-0.2, 0) is 10.0 Å². The van der Waals surface area contributed by atoms with Crippen molar-refractivity contribution in [2.24, 2.45) is 0 Å². The summed E-state index contributed by atoms with van der Waals surface area (Å²) in [6.45, 7) is 0. The number of benzene rings is 3. The van der Waals surface area contributed by atoms with Crippen molar-refractivity contribution in [2.45, 2.75) is 4.90 Å². The lowest BCUT2D eigenvalue weighted by atomic mass is 10.1. The van der Waals surface area contributed by atoms with Crippen LogP contribution >= 0.6 is 0 Å².